The van der Waals surface area contributed by atoms with Crippen molar-refractivity contribution in [2.45, 2.75) is 52.3 Å². The van der Waals surface area contributed by atoms with Gasteiger partial charge in [0.15, 0.2) is 5.69 Å². The molecule has 1 fully saturated rings. The Hall–Kier alpha value is -3.75. The summed E-state index contributed by atoms with van der Waals surface area (Å²) in [5.41, 5.74) is 2.83. The van der Waals surface area contributed by atoms with Gasteiger partial charge in [0.05, 0.1) is 23.9 Å². The Morgan fingerprint density at radius 2 is 1.80 bits per heavy atom. The third kappa shape index (κ3) is 5.88. The summed E-state index contributed by atoms with van der Waals surface area (Å²) in [6.45, 7) is 10.2. The Morgan fingerprint density at radius 1 is 1.12 bits per heavy atom. The van der Waals surface area contributed by atoms with E-state index in [2.05, 4.69) is 66.2 Å². The van der Waals surface area contributed by atoms with E-state index in [9.17, 15) is 9.90 Å². The van der Waals surface area contributed by atoms with Crippen LogP contribution in [0, 0.1) is 12.3 Å². The summed E-state index contributed by atoms with van der Waals surface area (Å²) in [6.07, 6.45) is 2.65. The monoisotopic (exact) mass is 540 g/mol. The molecule has 1 aliphatic rings. The van der Waals surface area contributed by atoms with Crippen molar-refractivity contribution in [3.05, 3.63) is 95.7 Å². The SMILES string of the molecule is Cc1cc(C(=O)N(C[C@@]2(O)CCNC2)[C@@H](c2nc(-c3ccccc3)cn2Cc2ccccc2)C(C)(C)C)nn1C. The Balaban J connectivity index is 1.66. The highest BCUT2D eigenvalue weighted by Crippen LogP contribution is 2.41. The van der Waals surface area contributed by atoms with Crippen LogP contribution in [0.15, 0.2) is 72.9 Å². The molecule has 5 rings (SSSR count). The molecular weight excluding hydrogens is 500 g/mol. The van der Waals surface area contributed by atoms with Crippen LogP contribution < -0.4 is 5.32 Å². The number of benzene rings is 2. The number of nitrogens with one attached hydrogen (secondary N) is 1. The fourth-order valence-corrected chi connectivity index (χ4v) is 5.57. The standard InChI is InChI=1S/C32H40N6O2/c1-23-18-26(35-36(23)5)30(39)38(22-32(40)16-17-33-21-32)28(31(2,3)4)29-34-27(25-14-10-7-11-15-25)20-37(29)19-24-12-8-6-9-13-24/h6-15,18,20,28,33,40H,16-17,19,21-22H2,1-5H3/t28-,32+/m0/s1. The molecule has 2 aromatic heterocycles. The molecule has 1 amide bonds. The second-order valence-electron chi connectivity index (χ2n) is 12.1. The van der Waals surface area contributed by atoms with Gasteiger partial charge in [0.25, 0.3) is 5.91 Å². The minimum atomic E-state index is -1.04. The Bertz CT molecular complexity index is 1430. The number of carbonyl (C=O) groups is 1. The largest absolute Gasteiger partial charge is 0.387 e. The van der Waals surface area contributed by atoms with Gasteiger partial charge in [-0.1, -0.05) is 81.4 Å². The van der Waals surface area contributed by atoms with E-state index in [-0.39, 0.29) is 12.5 Å². The zero-order valence-corrected chi connectivity index (χ0v) is 24.1. The lowest BCUT2D eigenvalue weighted by Gasteiger charge is -2.42. The maximum Gasteiger partial charge on any atom is 0.275 e. The van der Waals surface area contributed by atoms with E-state index in [1.165, 1.54) is 0 Å². The minimum absolute atomic E-state index is 0.176. The fraction of sp³-hybridized carbons (Fsp3) is 0.406. The van der Waals surface area contributed by atoms with Crippen LogP contribution in [0.25, 0.3) is 11.3 Å². The number of hydrogen-bond donors (Lipinski definition) is 2. The van der Waals surface area contributed by atoms with Gasteiger partial charge in [-0.3, -0.25) is 9.48 Å². The van der Waals surface area contributed by atoms with Crippen LogP contribution in [-0.4, -0.2) is 60.5 Å². The van der Waals surface area contributed by atoms with Gasteiger partial charge in [-0.25, -0.2) is 4.98 Å². The minimum Gasteiger partial charge on any atom is -0.387 e. The molecule has 40 heavy (non-hydrogen) atoms. The van der Waals surface area contributed by atoms with Gasteiger partial charge in [0.1, 0.15) is 5.82 Å². The Morgan fingerprint density at radius 3 is 2.38 bits per heavy atom. The van der Waals surface area contributed by atoms with Crippen molar-refractivity contribution in [2.75, 3.05) is 19.6 Å². The molecule has 1 aliphatic heterocycles. The number of carbonyl (C=O) groups excluding carboxylic acids is 1. The van der Waals surface area contributed by atoms with Gasteiger partial charge < -0.3 is 19.9 Å². The van der Waals surface area contributed by atoms with Crippen LogP contribution in [0.4, 0.5) is 0 Å². The lowest BCUT2D eigenvalue weighted by Crippen LogP contribution is -2.51. The number of nitrogens with zero attached hydrogens (tertiary/aromatic N) is 5. The number of aliphatic hydroxyl groups is 1. The van der Waals surface area contributed by atoms with Crippen molar-refractivity contribution in [1.29, 1.82) is 0 Å². The first-order chi connectivity index (χ1) is 19.0. The lowest BCUT2D eigenvalue weighted by atomic mass is 9.83. The molecule has 0 unspecified atom stereocenters. The Kier molecular flexibility index (Phi) is 7.66. The zero-order valence-electron chi connectivity index (χ0n) is 24.1. The second kappa shape index (κ2) is 11.0. The maximum absolute atomic E-state index is 14.3. The van der Waals surface area contributed by atoms with Crippen LogP contribution in [0.3, 0.4) is 0 Å². The summed E-state index contributed by atoms with van der Waals surface area (Å²) in [5.74, 6) is 0.574. The van der Waals surface area contributed by atoms with Gasteiger partial charge >= 0.3 is 0 Å². The molecule has 3 heterocycles. The first kappa shape index (κ1) is 27.8. The van der Waals surface area contributed by atoms with Gasteiger partial charge in [-0.05, 0) is 36.9 Å². The number of amides is 1. The zero-order chi connectivity index (χ0) is 28.5. The molecule has 2 aromatic carbocycles. The van der Waals surface area contributed by atoms with Crippen molar-refractivity contribution >= 4 is 5.91 Å². The molecule has 0 bridgehead atoms. The van der Waals surface area contributed by atoms with Crippen molar-refractivity contribution in [3.8, 4) is 11.3 Å². The van der Waals surface area contributed by atoms with E-state index in [0.29, 0.717) is 31.7 Å². The van der Waals surface area contributed by atoms with Crippen molar-refractivity contribution in [3.63, 3.8) is 0 Å². The van der Waals surface area contributed by atoms with E-state index >= 15 is 0 Å². The van der Waals surface area contributed by atoms with Crippen molar-refractivity contribution in [1.82, 2.24) is 29.5 Å². The smallest absolute Gasteiger partial charge is 0.275 e. The molecule has 210 valence electrons. The predicted octanol–water partition coefficient (Wildman–Crippen LogP) is 4.59. The normalized spacial score (nSPS) is 18.1. The number of imidazole rings is 1. The number of aryl methyl sites for hydroxylation is 2. The molecule has 0 spiro atoms. The second-order valence-corrected chi connectivity index (χ2v) is 12.1. The fourth-order valence-electron chi connectivity index (χ4n) is 5.57. The van der Waals surface area contributed by atoms with Crippen molar-refractivity contribution in [2.24, 2.45) is 12.5 Å². The van der Waals surface area contributed by atoms with Crippen LogP contribution in [0.5, 0.6) is 0 Å². The highest BCUT2D eigenvalue weighted by molar-refractivity contribution is 5.93. The lowest BCUT2D eigenvalue weighted by molar-refractivity contribution is -0.0105. The third-order valence-corrected chi connectivity index (χ3v) is 7.73. The summed E-state index contributed by atoms with van der Waals surface area (Å²) < 4.78 is 3.88. The number of β-amino-alcohol motifs (C(OH)–C–C–N with tert-alkyl or cyclic N) is 1. The first-order valence-electron chi connectivity index (χ1n) is 14.0. The average Bonchev–Trinajstić information content (AvgIpc) is 3.63. The van der Waals surface area contributed by atoms with Gasteiger partial charge in [-0.15, -0.1) is 0 Å². The first-order valence-corrected chi connectivity index (χ1v) is 14.0. The van der Waals surface area contributed by atoms with Gasteiger partial charge in [0.2, 0.25) is 0 Å². The molecule has 4 aromatic rings. The molecule has 2 atom stereocenters. The van der Waals surface area contributed by atoms with E-state index in [1.807, 2.05) is 61.3 Å². The summed E-state index contributed by atoms with van der Waals surface area (Å²) in [4.78, 5) is 21.3. The number of aromatic nitrogens is 4. The summed E-state index contributed by atoms with van der Waals surface area (Å²) in [5, 5.41) is 19.4. The molecule has 8 nitrogen and oxygen atoms in total. The predicted molar refractivity (Wildman–Crippen MR) is 157 cm³/mol. The van der Waals surface area contributed by atoms with E-state index in [0.717, 1.165) is 28.3 Å². The van der Waals surface area contributed by atoms with E-state index in [1.54, 1.807) is 4.68 Å². The summed E-state index contributed by atoms with van der Waals surface area (Å²) >= 11 is 0. The van der Waals surface area contributed by atoms with Crippen LogP contribution in [-0.2, 0) is 13.6 Å². The molecule has 2 N–H and O–H groups in total. The quantitative estimate of drug-likeness (QED) is 0.341. The molecule has 0 saturated carbocycles. The Labute approximate surface area is 236 Å². The highest BCUT2D eigenvalue weighted by Gasteiger charge is 2.44. The molecule has 1 saturated heterocycles. The number of rotatable bonds is 8. The molecule has 0 aliphatic carbocycles. The van der Waals surface area contributed by atoms with Crippen molar-refractivity contribution < 1.29 is 9.90 Å². The average molecular weight is 541 g/mol. The number of hydrogen-bond acceptors (Lipinski definition) is 5. The van der Waals surface area contributed by atoms with Gasteiger partial charge in [0, 0.05) is 37.6 Å². The van der Waals surface area contributed by atoms with E-state index in [4.69, 9.17) is 4.98 Å². The molecular formula is C32H40N6O2. The molecule has 0 radical (unpaired) electrons. The van der Waals surface area contributed by atoms with E-state index < -0.39 is 17.1 Å². The third-order valence-electron chi connectivity index (χ3n) is 7.73. The maximum atomic E-state index is 14.3. The topological polar surface area (TPSA) is 88.2 Å². The van der Waals surface area contributed by atoms with Crippen LogP contribution in [0.2, 0.25) is 0 Å². The molecule has 8 heteroatoms. The summed E-state index contributed by atoms with van der Waals surface area (Å²) in [7, 11) is 1.84. The highest BCUT2D eigenvalue weighted by atomic mass is 16.3. The van der Waals surface area contributed by atoms with Gasteiger partial charge in [-0.2, -0.15) is 5.10 Å². The summed E-state index contributed by atoms with van der Waals surface area (Å²) in [6, 6.07) is 21.8. The van der Waals surface area contributed by atoms with Crippen LogP contribution in [0.1, 0.15) is 60.8 Å². The van der Waals surface area contributed by atoms with Crippen LogP contribution >= 0.6 is 0 Å².